The molecule has 1 aliphatic heterocycles. The second kappa shape index (κ2) is 10.6. The summed E-state index contributed by atoms with van der Waals surface area (Å²) in [4.78, 5) is 16.3. The fraction of sp³-hybridized carbons (Fsp3) is 0.950. The molecule has 1 saturated carbocycles. The van der Waals surface area contributed by atoms with Gasteiger partial charge in [-0.15, -0.1) is 0 Å². The lowest BCUT2D eigenvalue weighted by Crippen LogP contribution is -2.55. The van der Waals surface area contributed by atoms with Crippen LogP contribution in [0.3, 0.4) is 0 Å². The van der Waals surface area contributed by atoms with Crippen LogP contribution in [0.2, 0.25) is 0 Å². The van der Waals surface area contributed by atoms with Crippen LogP contribution in [0, 0.1) is 0 Å². The Bertz CT molecular complexity index is 418. The Kier molecular flexibility index (Phi) is 8.80. The molecule has 0 bridgehead atoms. The van der Waals surface area contributed by atoms with Crippen LogP contribution in [-0.4, -0.2) is 86.1 Å². The van der Waals surface area contributed by atoms with E-state index < -0.39 is 0 Å². The smallest absolute Gasteiger partial charge is 0.222 e. The average molecular weight is 371 g/mol. The summed E-state index contributed by atoms with van der Waals surface area (Å²) in [5, 5.41) is 0. The van der Waals surface area contributed by atoms with Crippen LogP contribution in [0.25, 0.3) is 0 Å². The van der Waals surface area contributed by atoms with E-state index in [9.17, 15) is 4.79 Å². The molecule has 0 aromatic rings. The van der Waals surface area contributed by atoms with Crippen LogP contribution in [0.4, 0.5) is 0 Å². The van der Waals surface area contributed by atoms with Crippen molar-refractivity contribution in [3.63, 3.8) is 0 Å². The van der Waals surface area contributed by atoms with Gasteiger partial charge in [0.15, 0.2) is 0 Å². The zero-order valence-corrected chi connectivity index (χ0v) is 17.3. The van der Waals surface area contributed by atoms with E-state index in [0.29, 0.717) is 50.5 Å². The summed E-state index contributed by atoms with van der Waals surface area (Å²) < 4.78 is 17.3. The van der Waals surface area contributed by atoms with Gasteiger partial charge in [0.25, 0.3) is 0 Å². The van der Waals surface area contributed by atoms with Crippen molar-refractivity contribution < 1.29 is 19.0 Å². The van der Waals surface area contributed by atoms with E-state index in [0.717, 1.165) is 32.4 Å². The molecule has 2 aliphatic rings. The Morgan fingerprint density at radius 2 is 1.69 bits per heavy atom. The summed E-state index contributed by atoms with van der Waals surface area (Å²) >= 11 is 0. The van der Waals surface area contributed by atoms with Crippen LogP contribution < -0.4 is 0 Å². The predicted molar refractivity (Wildman–Crippen MR) is 102 cm³/mol. The summed E-state index contributed by atoms with van der Waals surface area (Å²) in [6.07, 6.45) is 4.58. The van der Waals surface area contributed by atoms with E-state index in [4.69, 9.17) is 14.2 Å². The van der Waals surface area contributed by atoms with Crippen LogP contribution in [0.15, 0.2) is 0 Å². The predicted octanol–water partition coefficient (Wildman–Crippen LogP) is 2.31. The molecule has 6 nitrogen and oxygen atoms in total. The number of likely N-dealkylation sites (N-methyl/N-ethyl adjacent to an activating group) is 1. The topological polar surface area (TPSA) is 51.2 Å². The highest BCUT2D eigenvalue weighted by molar-refractivity contribution is 5.75. The van der Waals surface area contributed by atoms with E-state index >= 15 is 0 Å². The fourth-order valence-corrected chi connectivity index (χ4v) is 3.29. The van der Waals surface area contributed by atoms with Gasteiger partial charge in [-0.25, -0.2) is 0 Å². The number of nitrogens with zero attached hydrogens (tertiary/aromatic N) is 2. The van der Waals surface area contributed by atoms with E-state index in [1.165, 1.54) is 0 Å². The maximum Gasteiger partial charge on any atom is 0.222 e. The van der Waals surface area contributed by atoms with Crippen molar-refractivity contribution in [1.29, 1.82) is 0 Å². The molecular weight excluding hydrogens is 332 g/mol. The molecule has 2 rings (SSSR count). The van der Waals surface area contributed by atoms with Crippen LogP contribution in [-0.2, 0) is 19.0 Å². The van der Waals surface area contributed by atoms with Gasteiger partial charge in [-0.3, -0.25) is 9.69 Å². The first kappa shape index (κ1) is 21.6. The van der Waals surface area contributed by atoms with Gasteiger partial charge in [0.05, 0.1) is 31.0 Å². The highest BCUT2D eigenvalue weighted by Crippen LogP contribution is 2.27. The van der Waals surface area contributed by atoms with Gasteiger partial charge in [-0.1, -0.05) is 0 Å². The van der Waals surface area contributed by atoms with Crippen molar-refractivity contribution in [3.8, 4) is 0 Å². The molecular formula is C20H38N2O4. The van der Waals surface area contributed by atoms with Crippen molar-refractivity contribution >= 4 is 5.91 Å². The Hall–Kier alpha value is -0.690. The first-order valence-electron chi connectivity index (χ1n) is 10.2. The minimum atomic E-state index is 0.171. The molecule has 1 heterocycles. The van der Waals surface area contributed by atoms with Gasteiger partial charge in [0.2, 0.25) is 5.91 Å². The average Bonchev–Trinajstić information content (AvgIpc) is 2.49. The van der Waals surface area contributed by atoms with Crippen molar-refractivity contribution in [2.75, 3.05) is 39.9 Å². The van der Waals surface area contributed by atoms with Crippen LogP contribution >= 0.6 is 0 Å². The lowest BCUT2D eigenvalue weighted by molar-refractivity contribution is -0.134. The summed E-state index contributed by atoms with van der Waals surface area (Å²) in [5.41, 5.74) is 0. The van der Waals surface area contributed by atoms with Crippen molar-refractivity contribution in [3.05, 3.63) is 0 Å². The molecule has 1 aliphatic carbocycles. The van der Waals surface area contributed by atoms with Gasteiger partial charge in [0.1, 0.15) is 0 Å². The largest absolute Gasteiger partial charge is 0.378 e. The molecule has 0 radical (unpaired) electrons. The zero-order chi connectivity index (χ0) is 19.1. The van der Waals surface area contributed by atoms with E-state index in [1.54, 1.807) is 4.90 Å². The SMILES string of the molecule is CC(C)OC1CC(OCCCC(=O)N(C)CCOC2CN(C(C)C)C2)C1. The minimum absolute atomic E-state index is 0.171. The highest BCUT2D eigenvalue weighted by Gasteiger charge is 2.31. The number of carbonyl (C=O) groups excluding carboxylic acids is 1. The monoisotopic (exact) mass is 370 g/mol. The zero-order valence-electron chi connectivity index (χ0n) is 17.3. The molecule has 2 fully saturated rings. The third-order valence-corrected chi connectivity index (χ3v) is 5.22. The Labute approximate surface area is 159 Å². The van der Waals surface area contributed by atoms with E-state index in [2.05, 4.69) is 32.6 Å². The number of rotatable bonds is 12. The first-order valence-corrected chi connectivity index (χ1v) is 10.2. The summed E-state index contributed by atoms with van der Waals surface area (Å²) in [6, 6.07) is 0.592. The molecule has 152 valence electrons. The quantitative estimate of drug-likeness (QED) is 0.494. The lowest BCUT2D eigenvalue weighted by Gasteiger charge is -2.41. The normalized spacial score (nSPS) is 24.0. The van der Waals surface area contributed by atoms with Gasteiger partial charge in [-0.2, -0.15) is 0 Å². The second-order valence-electron chi connectivity index (χ2n) is 8.23. The van der Waals surface area contributed by atoms with Gasteiger partial charge < -0.3 is 19.1 Å². The third-order valence-electron chi connectivity index (χ3n) is 5.22. The summed E-state index contributed by atoms with van der Waals surface area (Å²) in [6.45, 7) is 12.5. The second-order valence-corrected chi connectivity index (χ2v) is 8.23. The van der Waals surface area contributed by atoms with Gasteiger partial charge in [0, 0.05) is 45.8 Å². The number of hydrogen-bond acceptors (Lipinski definition) is 5. The summed E-state index contributed by atoms with van der Waals surface area (Å²) in [5.74, 6) is 0.171. The highest BCUT2D eigenvalue weighted by atomic mass is 16.5. The van der Waals surface area contributed by atoms with E-state index in [-0.39, 0.29) is 12.0 Å². The Morgan fingerprint density at radius 1 is 1.04 bits per heavy atom. The molecule has 26 heavy (non-hydrogen) atoms. The number of likely N-dealkylation sites (tertiary alicyclic amines) is 1. The van der Waals surface area contributed by atoms with Gasteiger partial charge in [-0.05, 0) is 47.0 Å². The third kappa shape index (κ3) is 7.14. The number of hydrogen-bond donors (Lipinski definition) is 0. The van der Waals surface area contributed by atoms with Crippen molar-refractivity contribution in [1.82, 2.24) is 9.80 Å². The van der Waals surface area contributed by atoms with Crippen LogP contribution in [0.1, 0.15) is 53.4 Å². The van der Waals surface area contributed by atoms with Gasteiger partial charge >= 0.3 is 0 Å². The van der Waals surface area contributed by atoms with Crippen LogP contribution in [0.5, 0.6) is 0 Å². The maximum absolute atomic E-state index is 12.1. The molecule has 0 atom stereocenters. The molecule has 0 N–H and O–H groups in total. The maximum atomic E-state index is 12.1. The van der Waals surface area contributed by atoms with E-state index in [1.807, 2.05) is 7.05 Å². The number of amides is 1. The number of carbonyl (C=O) groups is 1. The summed E-state index contributed by atoms with van der Waals surface area (Å²) in [7, 11) is 1.85. The number of ether oxygens (including phenoxy) is 3. The fourth-order valence-electron chi connectivity index (χ4n) is 3.29. The molecule has 0 aromatic heterocycles. The van der Waals surface area contributed by atoms with Crippen molar-refractivity contribution in [2.45, 2.75) is 83.8 Å². The molecule has 0 spiro atoms. The molecule has 0 aromatic carbocycles. The standard InChI is InChI=1S/C20H38N2O4/c1-15(2)22-13-19(14-22)25-10-8-21(5)20(23)7-6-9-24-17-11-18(12-17)26-16(3)4/h15-19H,6-14H2,1-5H3. The Morgan fingerprint density at radius 3 is 2.31 bits per heavy atom. The van der Waals surface area contributed by atoms with Crippen molar-refractivity contribution in [2.24, 2.45) is 0 Å². The first-order chi connectivity index (χ1) is 12.3. The lowest BCUT2D eigenvalue weighted by atomic mass is 9.92. The molecule has 1 amide bonds. The molecule has 1 saturated heterocycles. The Balaban J connectivity index is 1.42. The molecule has 6 heteroatoms. The minimum Gasteiger partial charge on any atom is -0.378 e. The molecule has 0 unspecified atom stereocenters.